The molecule has 0 aliphatic carbocycles. The topological polar surface area (TPSA) is 124 Å². The van der Waals surface area contributed by atoms with Crippen LogP contribution in [0.3, 0.4) is 0 Å². The zero-order valence-corrected chi connectivity index (χ0v) is 20.5. The molecule has 9 heteroatoms. The molecule has 0 fully saturated rings. The van der Waals surface area contributed by atoms with Crippen LogP contribution in [0.15, 0.2) is 36.4 Å². The molecule has 188 valence electrons. The molecule has 0 saturated carbocycles. The van der Waals surface area contributed by atoms with Crippen molar-refractivity contribution in [2.45, 2.75) is 6.61 Å². The molecule has 4 rings (SSSR count). The number of rotatable bonds is 8. The van der Waals surface area contributed by atoms with Gasteiger partial charge in [-0.25, -0.2) is 0 Å². The van der Waals surface area contributed by atoms with Crippen molar-refractivity contribution in [1.29, 1.82) is 0 Å². The molecule has 0 aliphatic heterocycles. The van der Waals surface area contributed by atoms with Crippen LogP contribution in [0.4, 0.5) is 0 Å². The Morgan fingerprint density at radius 2 is 1.17 bits per heavy atom. The van der Waals surface area contributed by atoms with Crippen LogP contribution in [-0.4, -0.2) is 56.7 Å². The van der Waals surface area contributed by atoms with E-state index in [1.165, 1.54) is 41.6 Å². The highest BCUT2D eigenvalue weighted by atomic mass is 16.5. The third kappa shape index (κ3) is 3.93. The van der Waals surface area contributed by atoms with Gasteiger partial charge in [0.05, 0.1) is 51.4 Å². The van der Waals surface area contributed by atoms with E-state index in [4.69, 9.17) is 23.7 Å². The van der Waals surface area contributed by atoms with Crippen molar-refractivity contribution >= 4 is 27.3 Å². The molecule has 4 aromatic carbocycles. The predicted molar refractivity (Wildman–Crippen MR) is 133 cm³/mol. The second kappa shape index (κ2) is 9.71. The van der Waals surface area contributed by atoms with Crippen molar-refractivity contribution in [2.75, 3.05) is 35.5 Å². The molecular weight excluding hydrogens is 468 g/mol. The molecule has 0 spiro atoms. The Labute approximate surface area is 207 Å². The Morgan fingerprint density at radius 1 is 0.667 bits per heavy atom. The van der Waals surface area contributed by atoms with Crippen molar-refractivity contribution < 1.29 is 43.8 Å². The molecule has 36 heavy (non-hydrogen) atoms. The zero-order valence-electron chi connectivity index (χ0n) is 20.5. The van der Waals surface area contributed by atoms with Crippen LogP contribution in [0.1, 0.15) is 21.5 Å². The number of hydrogen-bond acceptors (Lipinski definition) is 9. The molecule has 0 heterocycles. The van der Waals surface area contributed by atoms with Gasteiger partial charge in [-0.1, -0.05) is 0 Å². The van der Waals surface area contributed by atoms with Crippen LogP contribution >= 0.6 is 0 Å². The molecule has 0 bridgehead atoms. The van der Waals surface area contributed by atoms with E-state index < -0.39 is 22.8 Å². The first-order valence-corrected chi connectivity index (χ1v) is 10.8. The third-order valence-corrected chi connectivity index (χ3v) is 6.02. The van der Waals surface area contributed by atoms with Gasteiger partial charge < -0.3 is 39.0 Å². The molecule has 9 nitrogen and oxygen atoms in total. The van der Waals surface area contributed by atoms with E-state index in [0.29, 0.717) is 27.8 Å². The number of methoxy groups -OCH3 is 5. The summed E-state index contributed by atoms with van der Waals surface area (Å²) in [6.07, 6.45) is 0. The molecule has 0 amide bonds. The van der Waals surface area contributed by atoms with Gasteiger partial charge in [-0.05, 0) is 40.6 Å². The number of ether oxygens (including phenoxy) is 5. The molecule has 0 saturated heterocycles. The number of benzene rings is 4. The fourth-order valence-corrected chi connectivity index (χ4v) is 4.39. The van der Waals surface area contributed by atoms with Crippen LogP contribution in [0.2, 0.25) is 0 Å². The number of fused-ring (bicyclic) bond motifs is 2. The summed E-state index contributed by atoms with van der Waals surface area (Å²) < 4.78 is 26.7. The number of aromatic hydroxyl groups is 3. The molecule has 0 atom stereocenters. The first-order valence-electron chi connectivity index (χ1n) is 10.8. The quantitative estimate of drug-likeness (QED) is 0.303. The maximum absolute atomic E-state index is 13.9. The summed E-state index contributed by atoms with van der Waals surface area (Å²) >= 11 is 0. The summed E-state index contributed by atoms with van der Waals surface area (Å²) in [6.45, 7) is -0.0281. The van der Waals surface area contributed by atoms with Gasteiger partial charge in [-0.3, -0.25) is 4.79 Å². The van der Waals surface area contributed by atoms with Gasteiger partial charge in [0, 0.05) is 19.2 Å². The SMILES string of the molecule is COCc1cc2cc(OC)cc(OC)c2c(O)c1C(=O)c1c(O)cc2cc(OC)cc(OC)c2c1O. The summed E-state index contributed by atoms with van der Waals surface area (Å²) in [7, 11) is 7.27. The number of carbonyl (C=O) groups is 1. The number of ketones is 1. The van der Waals surface area contributed by atoms with Crippen LogP contribution in [0.25, 0.3) is 21.5 Å². The van der Waals surface area contributed by atoms with Gasteiger partial charge >= 0.3 is 0 Å². The van der Waals surface area contributed by atoms with Gasteiger partial charge in [-0.2, -0.15) is 0 Å². The molecular formula is C27H26O9. The van der Waals surface area contributed by atoms with E-state index in [1.807, 2.05) is 0 Å². The Balaban J connectivity index is 2.04. The van der Waals surface area contributed by atoms with Gasteiger partial charge in [0.1, 0.15) is 45.8 Å². The van der Waals surface area contributed by atoms with Crippen LogP contribution in [0.5, 0.6) is 40.2 Å². The highest BCUT2D eigenvalue weighted by Gasteiger charge is 2.29. The Kier molecular flexibility index (Phi) is 6.67. The summed E-state index contributed by atoms with van der Waals surface area (Å²) in [5, 5.41) is 34.7. The Hall–Kier alpha value is -4.37. The van der Waals surface area contributed by atoms with E-state index in [2.05, 4.69) is 0 Å². The molecule has 0 aliphatic rings. The molecule has 4 aromatic rings. The molecule has 3 N–H and O–H groups in total. The highest BCUT2D eigenvalue weighted by Crippen LogP contribution is 2.46. The van der Waals surface area contributed by atoms with Crippen LogP contribution in [0, 0.1) is 0 Å². The lowest BCUT2D eigenvalue weighted by Gasteiger charge is -2.18. The van der Waals surface area contributed by atoms with Crippen LogP contribution in [-0.2, 0) is 11.3 Å². The van der Waals surface area contributed by atoms with Gasteiger partial charge in [0.15, 0.2) is 0 Å². The van der Waals surface area contributed by atoms with Gasteiger partial charge in [0.2, 0.25) is 5.78 Å². The average Bonchev–Trinajstić information content (AvgIpc) is 2.87. The summed E-state index contributed by atoms with van der Waals surface area (Å²) in [5.74, 6) is -0.726. The fourth-order valence-electron chi connectivity index (χ4n) is 4.39. The van der Waals surface area contributed by atoms with Crippen molar-refractivity contribution in [1.82, 2.24) is 0 Å². The van der Waals surface area contributed by atoms with Crippen LogP contribution < -0.4 is 18.9 Å². The largest absolute Gasteiger partial charge is 0.507 e. The summed E-state index contributed by atoms with van der Waals surface area (Å²) in [4.78, 5) is 13.9. The summed E-state index contributed by atoms with van der Waals surface area (Å²) in [5.41, 5.74) is -0.209. The number of hydrogen-bond donors (Lipinski definition) is 3. The minimum absolute atomic E-state index is 0.0281. The zero-order chi connectivity index (χ0) is 26.1. The normalized spacial score (nSPS) is 11.0. The van der Waals surface area contributed by atoms with Gasteiger partial charge in [0.25, 0.3) is 0 Å². The number of phenols is 3. The maximum atomic E-state index is 13.9. The second-order valence-corrected chi connectivity index (χ2v) is 8.00. The minimum atomic E-state index is -0.811. The Bertz CT molecular complexity index is 1490. The lowest BCUT2D eigenvalue weighted by atomic mass is 9.91. The standard InChI is InChI=1S/C27H26O9/c1-32-12-15-6-13-7-16(33-2)10-19(35-4)21(13)25(29)23(15)27(31)24-18(28)9-14-8-17(34-3)11-20(36-5)22(14)26(24)30/h6-11,28-30H,12H2,1-5H3. The maximum Gasteiger partial charge on any atom is 0.204 e. The van der Waals surface area contributed by atoms with E-state index in [9.17, 15) is 20.1 Å². The predicted octanol–water partition coefficient (Wildman–Crippen LogP) is 4.52. The Morgan fingerprint density at radius 3 is 1.64 bits per heavy atom. The lowest BCUT2D eigenvalue weighted by Crippen LogP contribution is -2.09. The molecule has 0 aromatic heterocycles. The van der Waals surface area contributed by atoms with E-state index in [-0.39, 0.29) is 40.2 Å². The van der Waals surface area contributed by atoms with Crippen molar-refractivity contribution in [3.63, 3.8) is 0 Å². The minimum Gasteiger partial charge on any atom is -0.507 e. The lowest BCUT2D eigenvalue weighted by molar-refractivity contribution is 0.102. The first kappa shape index (κ1) is 24.7. The number of carbonyl (C=O) groups excluding carboxylic acids is 1. The van der Waals surface area contributed by atoms with E-state index in [1.54, 1.807) is 30.3 Å². The van der Waals surface area contributed by atoms with Gasteiger partial charge in [-0.15, -0.1) is 0 Å². The summed E-state index contributed by atoms with van der Waals surface area (Å²) in [6, 6.07) is 9.40. The third-order valence-electron chi connectivity index (χ3n) is 6.02. The van der Waals surface area contributed by atoms with Crippen molar-refractivity contribution in [3.8, 4) is 40.2 Å². The van der Waals surface area contributed by atoms with E-state index in [0.717, 1.165) is 0 Å². The number of phenolic OH excluding ortho intramolecular Hbond substituents is 3. The second-order valence-electron chi connectivity index (χ2n) is 8.00. The van der Waals surface area contributed by atoms with Crippen molar-refractivity contribution in [2.24, 2.45) is 0 Å². The van der Waals surface area contributed by atoms with Crippen molar-refractivity contribution in [3.05, 3.63) is 53.1 Å². The first-order chi connectivity index (χ1) is 17.3. The van der Waals surface area contributed by atoms with E-state index >= 15 is 0 Å². The highest BCUT2D eigenvalue weighted by molar-refractivity contribution is 6.20. The molecule has 0 unspecified atom stereocenters. The smallest absolute Gasteiger partial charge is 0.204 e. The molecule has 0 radical (unpaired) electrons. The average molecular weight is 494 g/mol. The fraction of sp³-hybridized carbons (Fsp3) is 0.222. The monoisotopic (exact) mass is 494 g/mol.